The lowest BCUT2D eigenvalue weighted by molar-refractivity contribution is -0.147. The molecule has 2 N–H and O–H groups in total. The molecule has 0 radical (unpaired) electrons. The van der Waals surface area contributed by atoms with E-state index in [0.717, 1.165) is 12.8 Å². The fraction of sp³-hybridized carbons (Fsp3) is 0.889. The minimum Gasteiger partial charge on any atom is -0.461 e. The third-order valence-corrected chi connectivity index (χ3v) is 2.16. The van der Waals surface area contributed by atoms with Crippen LogP contribution in [0.2, 0.25) is 0 Å². The number of ether oxygens (including phenoxy) is 1. The van der Waals surface area contributed by atoms with E-state index in [2.05, 4.69) is 5.32 Å². The van der Waals surface area contributed by atoms with Gasteiger partial charge in [0.15, 0.2) is 0 Å². The summed E-state index contributed by atoms with van der Waals surface area (Å²) in [6, 6.07) is 0. The highest BCUT2D eigenvalue weighted by molar-refractivity contribution is 5.71. The van der Waals surface area contributed by atoms with Gasteiger partial charge < -0.3 is 15.2 Å². The summed E-state index contributed by atoms with van der Waals surface area (Å²) in [4.78, 5) is 11.1. The second kappa shape index (κ2) is 5.94. The summed E-state index contributed by atoms with van der Waals surface area (Å²) in [7, 11) is 0. The number of carbonyl (C=O) groups excluding carboxylic acids is 1. The van der Waals surface area contributed by atoms with E-state index in [0.29, 0.717) is 6.54 Å². The fourth-order valence-electron chi connectivity index (χ4n) is 1.50. The van der Waals surface area contributed by atoms with E-state index in [1.807, 2.05) is 0 Å². The van der Waals surface area contributed by atoms with Crippen LogP contribution in [0.4, 0.5) is 0 Å². The SMILES string of the molecule is O=C(CNCCO)OC1CCCC1. The van der Waals surface area contributed by atoms with Gasteiger partial charge in [0.05, 0.1) is 13.2 Å². The highest BCUT2D eigenvalue weighted by Crippen LogP contribution is 2.20. The van der Waals surface area contributed by atoms with Crippen LogP contribution in [-0.2, 0) is 9.53 Å². The number of hydrogen-bond donors (Lipinski definition) is 2. The minimum atomic E-state index is -0.208. The van der Waals surface area contributed by atoms with Crippen molar-refractivity contribution in [3.8, 4) is 0 Å². The summed E-state index contributed by atoms with van der Waals surface area (Å²) < 4.78 is 5.17. The molecule has 13 heavy (non-hydrogen) atoms. The second-order valence-corrected chi connectivity index (χ2v) is 3.30. The van der Waals surface area contributed by atoms with Crippen molar-refractivity contribution in [3.63, 3.8) is 0 Å². The molecule has 0 saturated heterocycles. The van der Waals surface area contributed by atoms with Crippen LogP contribution in [0.3, 0.4) is 0 Å². The molecule has 76 valence electrons. The molecule has 0 bridgehead atoms. The zero-order valence-electron chi connectivity index (χ0n) is 7.79. The first-order chi connectivity index (χ1) is 6.33. The molecule has 0 unspecified atom stereocenters. The topological polar surface area (TPSA) is 58.6 Å². The zero-order valence-corrected chi connectivity index (χ0v) is 7.79. The molecule has 1 aliphatic carbocycles. The molecule has 4 nitrogen and oxygen atoms in total. The number of rotatable bonds is 5. The number of aliphatic hydroxyl groups excluding tert-OH is 1. The fourth-order valence-corrected chi connectivity index (χ4v) is 1.50. The van der Waals surface area contributed by atoms with Gasteiger partial charge in [0.1, 0.15) is 6.10 Å². The van der Waals surface area contributed by atoms with Crippen LogP contribution in [0.5, 0.6) is 0 Å². The van der Waals surface area contributed by atoms with E-state index in [4.69, 9.17) is 9.84 Å². The normalized spacial score (nSPS) is 17.6. The Bertz CT molecular complexity index is 155. The lowest BCUT2D eigenvalue weighted by Gasteiger charge is -2.11. The molecule has 1 fully saturated rings. The number of aliphatic hydroxyl groups is 1. The average molecular weight is 187 g/mol. The summed E-state index contributed by atoms with van der Waals surface area (Å²) in [5, 5.41) is 11.2. The van der Waals surface area contributed by atoms with Gasteiger partial charge in [-0.1, -0.05) is 0 Å². The standard InChI is InChI=1S/C9H17NO3/c11-6-5-10-7-9(12)13-8-3-1-2-4-8/h8,10-11H,1-7H2. The van der Waals surface area contributed by atoms with E-state index >= 15 is 0 Å². The van der Waals surface area contributed by atoms with Gasteiger partial charge in [0, 0.05) is 6.54 Å². The quantitative estimate of drug-likeness (QED) is 0.472. The van der Waals surface area contributed by atoms with Gasteiger partial charge in [-0.05, 0) is 25.7 Å². The van der Waals surface area contributed by atoms with E-state index in [9.17, 15) is 4.79 Å². The highest BCUT2D eigenvalue weighted by atomic mass is 16.5. The Kier molecular flexibility index (Phi) is 4.78. The first kappa shape index (κ1) is 10.5. The maximum absolute atomic E-state index is 11.1. The van der Waals surface area contributed by atoms with Crippen molar-refractivity contribution in [1.82, 2.24) is 5.32 Å². The monoisotopic (exact) mass is 187 g/mol. The first-order valence-corrected chi connectivity index (χ1v) is 4.84. The number of esters is 1. The Labute approximate surface area is 78.3 Å². The van der Waals surface area contributed by atoms with Crippen LogP contribution in [0.15, 0.2) is 0 Å². The zero-order chi connectivity index (χ0) is 9.52. The van der Waals surface area contributed by atoms with Crippen LogP contribution < -0.4 is 5.32 Å². The molecule has 0 amide bonds. The predicted octanol–water partition coefficient (Wildman–Crippen LogP) is 0.0541. The van der Waals surface area contributed by atoms with Crippen LogP contribution >= 0.6 is 0 Å². The lowest BCUT2D eigenvalue weighted by atomic mass is 10.3. The summed E-state index contributed by atoms with van der Waals surface area (Å²) in [6.45, 7) is 0.702. The molecule has 0 atom stereocenters. The van der Waals surface area contributed by atoms with Crippen LogP contribution in [-0.4, -0.2) is 36.9 Å². The summed E-state index contributed by atoms with van der Waals surface area (Å²) in [5.41, 5.74) is 0. The van der Waals surface area contributed by atoms with Gasteiger partial charge in [0.25, 0.3) is 0 Å². The maximum atomic E-state index is 11.1. The second-order valence-electron chi connectivity index (χ2n) is 3.30. The van der Waals surface area contributed by atoms with Crippen molar-refractivity contribution >= 4 is 5.97 Å². The molecule has 0 aromatic rings. The molecular formula is C9H17NO3. The third-order valence-electron chi connectivity index (χ3n) is 2.16. The maximum Gasteiger partial charge on any atom is 0.320 e. The molecular weight excluding hydrogens is 170 g/mol. The smallest absolute Gasteiger partial charge is 0.320 e. The highest BCUT2D eigenvalue weighted by Gasteiger charge is 2.18. The lowest BCUT2D eigenvalue weighted by Crippen LogP contribution is -2.29. The Balaban J connectivity index is 2.02. The average Bonchev–Trinajstić information content (AvgIpc) is 2.57. The number of carbonyl (C=O) groups is 1. The van der Waals surface area contributed by atoms with E-state index < -0.39 is 0 Å². The third kappa shape index (κ3) is 4.24. The van der Waals surface area contributed by atoms with Gasteiger partial charge in [0.2, 0.25) is 0 Å². The molecule has 0 aromatic heterocycles. The largest absolute Gasteiger partial charge is 0.461 e. The van der Waals surface area contributed by atoms with Gasteiger partial charge in [-0.3, -0.25) is 4.79 Å². The van der Waals surface area contributed by atoms with Gasteiger partial charge in [-0.15, -0.1) is 0 Å². The van der Waals surface area contributed by atoms with Crippen molar-refractivity contribution in [2.24, 2.45) is 0 Å². The van der Waals surface area contributed by atoms with E-state index in [1.165, 1.54) is 12.8 Å². The first-order valence-electron chi connectivity index (χ1n) is 4.84. The molecule has 1 rings (SSSR count). The van der Waals surface area contributed by atoms with E-state index in [1.54, 1.807) is 0 Å². The van der Waals surface area contributed by atoms with Crippen molar-refractivity contribution in [2.45, 2.75) is 31.8 Å². The van der Waals surface area contributed by atoms with Crippen LogP contribution in [0, 0.1) is 0 Å². The van der Waals surface area contributed by atoms with E-state index in [-0.39, 0.29) is 25.2 Å². The Morgan fingerprint density at radius 2 is 2.15 bits per heavy atom. The molecule has 1 aliphatic rings. The number of hydrogen-bond acceptors (Lipinski definition) is 4. The molecule has 0 spiro atoms. The van der Waals surface area contributed by atoms with Crippen molar-refractivity contribution in [3.05, 3.63) is 0 Å². The van der Waals surface area contributed by atoms with Gasteiger partial charge >= 0.3 is 5.97 Å². The van der Waals surface area contributed by atoms with Crippen LogP contribution in [0.1, 0.15) is 25.7 Å². The summed E-state index contributed by atoms with van der Waals surface area (Å²) in [6.07, 6.45) is 4.49. The molecule has 0 heterocycles. The minimum absolute atomic E-state index is 0.0523. The summed E-state index contributed by atoms with van der Waals surface area (Å²) >= 11 is 0. The molecule has 4 heteroatoms. The molecule has 0 aromatic carbocycles. The Hall–Kier alpha value is -0.610. The predicted molar refractivity (Wildman–Crippen MR) is 48.3 cm³/mol. The Morgan fingerprint density at radius 3 is 2.77 bits per heavy atom. The van der Waals surface area contributed by atoms with Gasteiger partial charge in [-0.2, -0.15) is 0 Å². The van der Waals surface area contributed by atoms with Crippen molar-refractivity contribution < 1.29 is 14.6 Å². The Morgan fingerprint density at radius 1 is 1.46 bits per heavy atom. The van der Waals surface area contributed by atoms with Crippen molar-refractivity contribution in [1.29, 1.82) is 0 Å². The molecule has 0 aliphatic heterocycles. The molecule has 1 saturated carbocycles. The summed E-state index contributed by atoms with van der Waals surface area (Å²) in [5.74, 6) is -0.208. The van der Waals surface area contributed by atoms with Gasteiger partial charge in [-0.25, -0.2) is 0 Å². The van der Waals surface area contributed by atoms with Crippen molar-refractivity contribution in [2.75, 3.05) is 19.7 Å². The van der Waals surface area contributed by atoms with Crippen LogP contribution in [0.25, 0.3) is 0 Å². The number of nitrogens with one attached hydrogen (secondary N) is 1.